The lowest BCUT2D eigenvalue weighted by Gasteiger charge is -2.40. The van der Waals surface area contributed by atoms with Crippen LogP contribution in [0.4, 0.5) is 0 Å². The molecule has 1 saturated heterocycles. The first-order valence-corrected chi connectivity index (χ1v) is 6.41. The van der Waals surface area contributed by atoms with Crippen LogP contribution < -0.4 is 5.32 Å². The normalized spacial score (nSPS) is 34.2. The number of nitrogens with one attached hydrogen (secondary N) is 1. The fourth-order valence-electron chi connectivity index (χ4n) is 2.56. The monoisotopic (exact) mass is 226 g/mol. The number of carbonyl (C=O) groups excluding carboxylic acids is 1. The molecule has 1 unspecified atom stereocenters. The highest BCUT2D eigenvalue weighted by molar-refractivity contribution is 5.84. The Labute approximate surface area is 97.3 Å². The van der Waals surface area contributed by atoms with Gasteiger partial charge in [-0.05, 0) is 26.2 Å². The number of nitrogens with zero attached hydrogens (tertiary/aromatic N) is 1. The zero-order chi connectivity index (χ0) is 11.5. The molecule has 4 heteroatoms. The number of rotatable bonds is 5. The van der Waals surface area contributed by atoms with Crippen LogP contribution >= 0.6 is 0 Å². The van der Waals surface area contributed by atoms with Gasteiger partial charge < -0.3 is 9.64 Å². The Morgan fingerprint density at radius 1 is 1.44 bits per heavy atom. The van der Waals surface area contributed by atoms with Crippen LogP contribution in [0.3, 0.4) is 0 Å². The highest BCUT2D eigenvalue weighted by Gasteiger charge is 2.41. The predicted octanol–water partition coefficient (Wildman–Crippen LogP) is 1.11. The molecule has 1 heterocycles. The average Bonchev–Trinajstić information content (AvgIpc) is 2.55. The summed E-state index contributed by atoms with van der Waals surface area (Å²) in [5.41, 5.74) is 0. The van der Waals surface area contributed by atoms with Crippen molar-refractivity contribution in [1.82, 2.24) is 10.2 Å². The van der Waals surface area contributed by atoms with Crippen LogP contribution in [0.25, 0.3) is 0 Å². The molecule has 1 saturated carbocycles. The van der Waals surface area contributed by atoms with Crippen LogP contribution in [0.15, 0.2) is 0 Å². The standard InChI is InChI=1S/C12H22N2O2/c1-3-5-11-12(15)14(8-13-11)9-6-10(7-9)16-4-2/h9-11,13H,3-8H2,1-2H3. The van der Waals surface area contributed by atoms with E-state index in [9.17, 15) is 4.79 Å². The second kappa shape index (κ2) is 5.15. The van der Waals surface area contributed by atoms with E-state index in [0.29, 0.717) is 18.1 Å². The molecule has 1 amide bonds. The van der Waals surface area contributed by atoms with Gasteiger partial charge in [0, 0.05) is 12.6 Å². The van der Waals surface area contributed by atoms with Gasteiger partial charge in [0.2, 0.25) is 5.91 Å². The van der Waals surface area contributed by atoms with E-state index in [4.69, 9.17) is 4.74 Å². The van der Waals surface area contributed by atoms with Gasteiger partial charge in [-0.2, -0.15) is 0 Å². The van der Waals surface area contributed by atoms with Crippen molar-refractivity contribution < 1.29 is 9.53 Å². The van der Waals surface area contributed by atoms with Gasteiger partial charge in [0.15, 0.2) is 0 Å². The minimum atomic E-state index is 0.0659. The van der Waals surface area contributed by atoms with Crippen LogP contribution in [-0.2, 0) is 9.53 Å². The third-order valence-corrected chi connectivity index (χ3v) is 3.58. The summed E-state index contributed by atoms with van der Waals surface area (Å²) in [6.45, 7) is 5.65. The van der Waals surface area contributed by atoms with E-state index in [1.54, 1.807) is 0 Å². The van der Waals surface area contributed by atoms with Crippen LogP contribution in [0, 0.1) is 0 Å². The first kappa shape index (κ1) is 11.9. The molecule has 2 aliphatic rings. The molecular formula is C12H22N2O2. The molecule has 1 atom stereocenters. The van der Waals surface area contributed by atoms with E-state index in [1.165, 1.54) is 0 Å². The van der Waals surface area contributed by atoms with Crippen molar-refractivity contribution in [2.75, 3.05) is 13.3 Å². The molecule has 16 heavy (non-hydrogen) atoms. The molecule has 1 aliphatic heterocycles. The summed E-state index contributed by atoms with van der Waals surface area (Å²) in [6, 6.07) is 0.481. The summed E-state index contributed by atoms with van der Waals surface area (Å²) in [5, 5.41) is 3.29. The van der Waals surface area contributed by atoms with Crippen LogP contribution in [-0.4, -0.2) is 42.3 Å². The van der Waals surface area contributed by atoms with Gasteiger partial charge in [-0.3, -0.25) is 10.1 Å². The quantitative estimate of drug-likeness (QED) is 0.763. The molecule has 1 aliphatic carbocycles. The molecule has 0 aromatic carbocycles. The molecule has 2 rings (SSSR count). The Morgan fingerprint density at radius 3 is 2.81 bits per heavy atom. The zero-order valence-corrected chi connectivity index (χ0v) is 10.2. The molecule has 0 radical (unpaired) electrons. The molecule has 1 N–H and O–H groups in total. The van der Waals surface area contributed by atoms with Crippen LogP contribution in [0.2, 0.25) is 0 Å². The highest BCUT2D eigenvalue weighted by atomic mass is 16.5. The van der Waals surface area contributed by atoms with E-state index in [2.05, 4.69) is 12.2 Å². The smallest absolute Gasteiger partial charge is 0.241 e. The summed E-state index contributed by atoms with van der Waals surface area (Å²) in [5.74, 6) is 0.293. The minimum absolute atomic E-state index is 0.0659. The average molecular weight is 226 g/mol. The number of hydrogen-bond donors (Lipinski definition) is 1. The van der Waals surface area contributed by atoms with E-state index < -0.39 is 0 Å². The molecule has 92 valence electrons. The lowest BCUT2D eigenvalue weighted by molar-refractivity contribution is -0.136. The lowest BCUT2D eigenvalue weighted by Crippen LogP contribution is -2.49. The second-order valence-electron chi connectivity index (χ2n) is 4.71. The van der Waals surface area contributed by atoms with Crippen molar-refractivity contribution in [1.29, 1.82) is 0 Å². The number of carbonyl (C=O) groups is 1. The van der Waals surface area contributed by atoms with E-state index in [-0.39, 0.29) is 6.04 Å². The zero-order valence-electron chi connectivity index (χ0n) is 10.2. The highest BCUT2D eigenvalue weighted by Crippen LogP contribution is 2.30. The van der Waals surface area contributed by atoms with Gasteiger partial charge in [0.25, 0.3) is 0 Å². The maximum absolute atomic E-state index is 12.0. The van der Waals surface area contributed by atoms with Crippen LogP contribution in [0.5, 0.6) is 0 Å². The maximum atomic E-state index is 12.0. The van der Waals surface area contributed by atoms with E-state index >= 15 is 0 Å². The van der Waals surface area contributed by atoms with Gasteiger partial charge >= 0.3 is 0 Å². The summed E-state index contributed by atoms with van der Waals surface area (Å²) >= 11 is 0. The topological polar surface area (TPSA) is 41.6 Å². The molecular weight excluding hydrogens is 204 g/mol. The molecule has 0 bridgehead atoms. The second-order valence-corrected chi connectivity index (χ2v) is 4.71. The Kier molecular flexibility index (Phi) is 3.82. The van der Waals surface area contributed by atoms with E-state index in [0.717, 1.165) is 39.0 Å². The molecule has 0 aromatic rings. The third-order valence-electron chi connectivity index (χ3n) is 3.58. The van der Waals surface area contributed by atoms with Gasteiger partial charge in [0.1, 0.15) is 0 Å². The number of amides is 1. The molecule has 2 fully saturated rings. The van der Waals surface area contributed by atoms with Crippen molar-refractivity contribution in [3.63, 3.8) is 0 Å². The largest absolute Gasteiger partial charge is 0.378 e. The molecule has 0 spiro atoms. The first-order chi connectivity index (χ1) is 7.76. The fraction of sp³-hybridized carbons (Fsp3) is 0.917. The summed E-state index contributed by atoms with van der Waals surface area (Å²) < 4.78 is 5.52. The Bertz CT molecular complexity index is 251. The lowest BCUT2D eigenvalue weighted by atomic mass is 9.88. The summed E-state index contributed by atoms with van der Waals surface area (Å²) in [6.07, 6.45) is 4.42. The van der Waals surface area contributed by atoms with Gasteiger partial charge in [-0.1, -0.05) is 13.3 Å². The Morgan fingerprint density at radius 2 is 2.19 bits per heavy atom. The summed E-state index contributed by atoms with van der Waals surface area (Å²) in [7, 11) is 0. The number of hydrogen-bond acceptors (Lipinski definition) is 3. The molecule has 4 nitrogen and oxygen atoms in total. The molecule has 0 aromatic heterocycles. The van der Waals surface area contributed by atoms with Gasteiger partial charge in [0.05, 0.1) is 18.8 Å². The van der Waals surface area contributed by atoms with Crippen LogP contribution in [0.1, 0.15) is 39.5 Å². The number of ether oxygens (including phenoxy) is 1. The van der Waals surface area contributed by atoms with Crippen molar-refractivity contribution in [3.8, 4) is 0 Å². The van der Waals surface area contributed by atoms with Gasteiger partial charge in [-0.15, -0.1) is 0 Å². The fourth-order valence-corrected chi connectivity index (χ4v) is 2.56. The summed E-state index contributed by atoms with van der Waals surface area (Å²) in [4.78, 5) is 14.0. The van der Waals surface area contributed by atoms with Crippen molar-refractivity contribution in [2.45, 2.75) is 57.7 Å². The predicted molar refractivity (Wildman–Crippen MR) is 62.0 cm³/mol. The van der Waals surface area contributed by atoms with Crippen molar-refractivity contribution in [3.05, 3.63) is 0 Å². The van der Waals surface area contributed by atoms with Gasteiger partial charge in [-0.25, -0.2) is 0 Å². The maximum Gasteiger partial charge on any atom is 0.241 e. The third kappa shape index (κ3) is 2.23. The van der Waals surface area contributed by atoms with Crippen molar-refractivity contribution >= 4 is 5.91 Å². The Hall–Kier alpha value is -0.610. The minimum Gasteiger partial charge on any atom is -0.378 e. The van der Waals surface area contributed by atoms with Crippen molar-refractivity contribution in [2.24, 2.45) is 0 Å². The first-order valence-electron chi connectivity index (χ1n) is 6.41. The SMILES string of the molecule is CCCC1NCN(C2CC(OCC)C2)C1=O. The Balaban J connectivity index is 1.78. The van der Waals surface area contributed by atoms with E-state index in [1.807, 2.05) is 11.8 Å².